The van der Waals surface area contributed by atoms with E-state index in [2.05, 4.69) is 0 Å². The Morgan fingerprint density at radius 3 is 2.62 bits per heavy atom. The van der Waals surface area contributed by atoms with Crippen molar-refractivity contribution < 1.29 is 15.0 Å². The molecule has 0 saturated heterocycles. The first-order valence-corrected chi connectivity index (χ1v) is 5.18. The van der Waals surface area contributed by atoms with Crippen LogP contribution in [0.15, 0.2) is 6.07 Å². The molecular weight excluding hydrogens is 230 g/mol. The summed E-state index contributed by atoms with van der Waals surface area (Å²) in [7, 11) is 0. The number of carboxylic acid groups (broad SMARTS) is 1. The fraction of sp³-hybridized carbons (Fsp3) is 0.364. The number of carboxylic acids is 1. The van der Waals surface area contributed by atoms with Crippen molar-refractivity contribution in [2.24, 2.45) is 5.73 Å². The van der Waals surface area contributed by atoms with Crippen molar-refractivity contribution >= 4 is 17.6 Å². The third-order valence-electron chi connectivity index (χ3n) is 2.50. The van der Waals surface area contributed by atoms with Crippen LogP contribution < -0.4 is 5.73 Å². The zero-order valence-electron chi connectivity index (χ0n) is 9.12. The number of nitrogens with two attached hydrogens (primary N) is 1. The zero-order chi connectivity index (χ0) is 12.5. The summed E-state index contributed by atoms with van der Waals surface area (Å²) < 4.78 is 0. The molecule has 5 heteroatoms. The molecule has 0 heterocycles. The molecule has 0 amide bonds. The Labute approximate surface area is 98.6 Å². The highest BCUT2D eigenvalue weighted by atomic mass is 35.5. The standard InChI is InChI=1S/C11H14ClNO3/c1-5-3-7(12)6(2)10(11(5)16)8(13)4-9(14)15/h3,8,16H,4,13H2,1-2H3,(H,14,15). The van der Waals surface area contributed by atoms with Gasteiger partial charge in [-0.25, -0.2) is 0 Å². The Morgan fingerprint density at radius 2 is 2.12 bits per heavy atom. The fourth-order valence-electron chi connectivity index (χ4n) is 1.63. The number of carbonyl (C=O) groups is 1. The fourth-order valence-corrected chi connectivity index (χ4v) is 1.89. The SMILES string of the molecule is Cc1cc(Cl)c(C)c(C(N)CC(=O)O)c1O. The van der Waals surface area contributed by atoms with Gasteiger partial charge in [0.25, 0.3) is 0 Å². The molecule has 1 aromatic rings. The molecule has 0 aliphatic heterocycles. The van der Waals surface area contributed by atoms with Crippen LogP contribution in [0, 0.1) is 13.8 Å². The molecule has 1 aromatic carbocycles. The Hall–Kier alpha value is -1.26. The monoisotopic (exact) mass is 243 g/mol. The molecule has 0 aromatic heterocycles. The smallest absolute Gasteiger partial charge is 0.305 e. The Balaban J connectivity index is 3.26. The summed E-state index contributed by atoms with van der Waals surface area (Å²) in [6, 6.07) is 0.873. The van der Waals surface area contributed by atoms with Crippen molar-refractivity contribution in [1.29, 1.82) is 0 Å². The summed E-state index contributed by atoms with van der Waals surface area (Å²) >= 11 is 5.96. The Morgan fingerprint density at radius 1 is 1.56 bits per heavy atom. The van der Waals surface area contributed by atoms with Crippen LogP contribution in [0.3, 0.4) is 0 Å². The van der Waals surface area contributed by atoms with Crippen LogP contribution in [0.25, 0.3) is 0 Å². The highest BCUT2D eigenvalue weighted by Gasteiger charge is 2.20. The van der Waals surface area contributed by atoms with Crippen LogP contribution >= 0.6 is 11.6 Å². The van der Waals surface area contributed by atoms with Gasteiger partial charge < -0.3 is 15.9 Å². The van der Waals surface area contributed by atoms with Crippen molar-refractivity contribution in [3.8, 4) is 5.75 Å². The van der Waals surface area contributed by atoms with E-state index in [1.165, 1.54) is 0 Å². The summed E-state index contributed by atoms with van der Waals surface area (Å²) in [5.74, 6) is -0.987. The number of hydrogen-bond acceptors (Lipinski definition) is 3. The van der Waals surface area contributed by atoms with E-state index in [4.69, 9.17) is 22.4 Å². The van der Waals surface area contributed by atoms with Gasteiger partial charge in [0, 0.05) is 16.6 Å². The highest BCUT2D eigenvalue weighted by molar-refractivity contribution is 6.31. The lowest BCUT2D eigenvalue weighted by Crippen LogP contribution is -2.16. The minimum atomic E-state index is -1.01. The normalized spacial score (nSPS) is 12.5. The second-order valence-corrected chi connectivity index (χ2v) is 4.17. The number of benzene rings is 1. The van der Waals surface area contributed by atoms with Gasteiger partial charge in [0.2, 0.25) is 0 Å². The number of rotatable bonds is 3. The van der Waals surface area contributed by atoms with Gasteiger partial charge in [0.1, 0.15) is 5.75 Å². The third kappa shape index (κ3) is 2.46. The van der Waals surface area contributed by atoms with Crippen LogP contribution in [-0.2, 0) is 4.79 Å². The Kier molecular flexibility index (Phi) is 3.78. The molecule has 0 spiro atoms. The molecule has 1 rings (SSSR count). The number of aromatic hydroxyl groups is 1. The molecule has 0 aliphatic carbocycles. The lowest BCUT2D eigenvalue weighted by Gasteiger charge is -2.17. The Bertz CT molecular complexity index is 405. The van der Waals surface area contributed by atoms with Crippen molar-refractivity contribution in [3.05, 3.63) is 27.8 Å². The summed E-state index contributed by atoms with van der Waals surface area (Å²) in [5, 5.41) is 19.0. The van der Waals surface area contributed by atoms with E-state index in [-0.39, 0.29) is 12.2 Å². The summed E-state index contributed by atoms with van der Waals surface area (Å²) in [6.45, 7) is 3.40. The van der Waals surface area contributed by atoms with Gasteiger partial charge in [0.05, 0.1) is 6.42 Å². The van der Waals surface area contributed by atoms with Crippen LogP contribution in [-0.4, -0.2) is 16.2 Å². The van der Waals surface area contributed by atoms with E-state index in [0.29, 0.717) is 21.7 Å². The summed E-state index contributed by atoms with van der Waals surface area (Å²) in [6.07, 6.45) is -0.242. The zero-order valence-corrected chi connectivity index (χ0v) is 9.88. The number of aryl methyl sites for hydroxylation is 1. The highest BCUT2D eigenvalue weighted by Crippen LogP contribution is 2.35. The molecule has 4 N–H and O–H groups in total. The van der Waals surface area contributed by atoms with Crippen LogP contribution in [0.1, 0.15) is 29.2 Å². The molecule has 1 atom stereocenters. The van der Waals surface area contributed by atoms with Crippen LogP contribution in [0.4, 0.5) is 0 Å². The first-order valence-electron chi connectivity index (χ1n) is 4.80. The number of aliphatic carboxylic acids is 1. The van der Waals surface area contributed by atoms with Gasteiger partial charge in [-0.05, 0) is 31.0 Å². The maximum absolute atomic E-state index is 10.6. The van der Waals surface area contributed by atoms with Gasteiger partial charge in [-0.1, -0.05) is 11.6 Å². The van der Waals surface area contributed by atoms with Gasteiger partial charge in [-0.2, -0.15) is 0 Å². The van der Waals surface area contributed by atoms with E-state index in [9.17, 15) is 9.90 Å². The predicted octanol–water partition coefficient (Wildman–Crippen LogP) is 2.14. The first-order chi connectivity index (χ1) is 7.34. The van der Waals surface area contributed by atoms with E-state index < -0.39 is 12.0 Å². The third-order valence-corrected chi connectivity index (χ3v) is 2.89. The average molecular weight is 244 g/mol. The predicted molar refractivity (Wildman–Crippen MR) is 61.8 cm³/mol. The number of phenolic OH excluding ortho intramolecular Hbond substituents is 1. The molecule has 0 aliphatic rings. The minimum Gasteiger partial charge on any atom is -0.507 e. The molecule has 1 unspecified atom stereocenters. The maximum atomic E-state index is 10.6. The quantitative estimate of drug-likeness (QED) is 0.760. The van der Waals surface area contributed by atoms with Crippen LogP contribution in [0.5, 0.6) is 5.75 Å². The number of hydrogen-bond donors (Lipinski definition) is 3. The summed E-state index contributed by atoms with van der Waals surface area (Å²) in [5.41, 5.74) is 7.36. The van der Waals surface area contributed by atoms with Crippen molar-refractivity contribution in [3.63, 3.8) is 0 Å². The molecule has 0 fully saturated rings. The van der Waals surface area contributed by atoms with E-state index >= 15 is 0 Å². The van der Waals surface area contributed by atoms with Gasteiger partial charge in [-0.15, -0.1) is 0 Å². The molecule has 0 radical (unpaired) electrons. The van der Waals surface area contributed by atoms with E-state index in [1.54, 1.807) is 19.9 Å². The maximum Gasteiger partial charge on any atom is 0.305 e. The van der Waals surface area contributed by atoms with Crippen molar-refractivity contribution in [2.45, 2.75) is 26.3 Å². The van der Waals surface area contributed by atoms with Gasteiger partial charge >= 0.3 is 5.97 Å². The average Bonchev–Trinajstić information content (AvgIpc) is 2.14. The molecule has 4 nitrogen and oxygen atoms in total. The first kappa shape index (κ1) is 12.8. The molecule has 0 bridgehead atoms. The van der Waals surface area contributed by atoms with E-state index in [1.807, 2.05) is 0 Å². The second kappa shape index (κ2) is 4.72. The molecule has 0 saturated carbocycles. The molecule has 88 valence electrons. The summed E-state index contributed by atoms with van der Waals surface area (Å²) in [4.78, 5) is 10.6. The van der Waals surface area contributed by atoms with Gasteiger partial charge in [-0.3, -0.25) is 4.79 Å². The van der Waals surface area contributed by atoms with Crippen molar-refractivity contribution in [1.82, 2.24) is 0 Å². The molecule has 16 heavy (non-hydrogen) atoms. The lowest BCUT2D eigenvalue weighted by molar-refractivity contribution is -0.137. The van der Waals surface area contributed by atoms with Gasteiger partial charge in [0.15, 0.2) is 0 Å². The lowest BCUT2D eigenvalue weighted by atomic mass is 9.96. The second-order valence-electron chi connectivity index (χ2n) is 3.77. The largest absolute Gasteiger partial charge is 0.507 e. The van der Waals surface area contributed by atoms with Crippen LogP contribution in [0.2, 0.25) is 5.02 Å². The molecular formula is C11H14ClNO3. The van der Waals surface area contributed by atoms with E-state index in [0.717, 1.165) is 0 Å². The minimum absolute atomic E-state index is 0.0238. The number of halogens is 1. The van der Waals surface area contributed by atoms with Crippen molar-refractivity contribution in [2.75, 3.05) is 0 Å². The topological polar surface area (TPSA) is 83.6 Å². The number of phenols is 1.